The van der Waals surface area contributed by atoms with E-state index in [2.05, 4.69) is 0 Å². The molecule has 9 nitrogen and oxygen atoms in total. The van der Waals surface area contributed by atoms with Crippen LogP contribution in [0.4, 0.5) is 11.4 Å². The van der Waals surface area contributed by atoms with Crippen LogP contribution in [0.3, 0.4) is 0 Å². The van der Waals surface area contributed by atoms with Crippen molar-refractivity contribution in [1.29, 1.82) is 0 Å². The number of nitrogens with zero attached hydrogens (tertiary/aromatic N) is 2. The van der Waals surface area contributed by atoms with Crippen molar-refractivity contribution >= 4 is 46.5 Å². The van der Waals surface area contributed by atoms with E-state index in [0.717, 1.165) is 17.4 Å². The fourth-order valence-corrected chi connectivity index (χ4v) is 5.29. The third kappa shape index (κ3) is 3.40. The van der Waals surface area contributed by atoms with E-state index < -0.39 is 40.8 Å². The number of para-hydroxylation sites is 1. The molecule has 172 valence electrons. The summed E-state index contributed by atoms with van der Waals surface area (Å²) in [6, 6.07) is 9.59. The lowest BCUT2D eigenvalue weighted by atomic mass is 9.85. The van der Waals surface area contributed by atoms with Crippen molar-refractivity contribution in [1.82, 2.24) is 0 Å². The number of ether oxygens (including phenoxy) is 1. The standard InChI is InChI=1S/C24H17ClN2O7/c25-16-8-7-12(10-18(16)27(32)33)19(28)11-34-24(31)15-3-1-2-4-17(15)26-22(29)20-13-5-6-14(9-13)21(20)23(26)30/h1-8,10,13-14,20-21H,9,11H2. The first-order valence-corrected chi connectivity index (χ1v) is 10.9. The second-order valence-electron chi connectivity index (χ2n) is 8.45. The second kappa shape index (κ2) is 8.18. The highest BCUT2D eigenvalue weighted by Crippen LogP contribution is 2.53. The molecule has 2 fully saturated rings. The van der Waals surface area contributed by atoms with E-state index >= 15 is 0 Å². The Morgan fingerprint density at radius 2 is 1.71 bits per heavy atom. The van der Waals surface area contributed by atoms with Gasteiger partial charge in [0.2, 0.25) is 17.6 Å². The maximum Gasteiger partial charge on any atom is 0.340 e. The smallest absolute Gasteiger partial charge is 0.340 e. The van der Waals surface area contributed by atoms with Gasteiger partial charge in [-0.05, 0) is 42.5 Å². The van der Waals surface area contributed by atoms with E-state index in [-0.39, 0.29) is 45.5 Å². The van der Waals surface area contributed by atoms with Gasteiger partial charge >= 0.3 is 5.97 Å². The zero-order valence-electron chi connectivity index (χ0n) is 17.5. The Balaban J connectivity index is 1.34. The molecule has 5 rings (SSSR count). The Labute approximate surface area is 198 Å². The minimum atomic E-state index is -0.897. The van der Waals surface area contributed by atoms with E-state index in [1.54, 1.807) is 12.1 Å². The Bertz CT molecular complexity index is 1270. The van der Waals surface area contributed by atoms with Gasteiger partial charge < -0.3 is 4.74 Å². The van der Waals surface area contributed by atoms with Crippen molar-refractivity contribution in [2.24, 2.45) is 23.7 Å². The fraction of sp³-hybridized carbons (Fsp3) is 0.250. The van der Waals surface area contributed by atoms with E-state index in [9.17, 15) is 29.3 Å². The second-order valence-corrected chi connectivity index (χ2v) is 8.86. The van der Waals surface area contributed by atoms with Crippen LogP contribution in [0.15, 0.2) is 54.6 Å². The molecule has 4 unspecified atom stereocenters. The Kier molecular flexibility index (Phi) is 5.28. The first kappa shape index (κ1) is 22.0. The van der Waals surface area contributed by atoms with Crippen molar-refractivity contribution in [3.8, 4) is 0 Å². The molecule has 1 heterocycles. The lowest BCUT2D eigenvalue weighted by Crippen LogP contribution is -2.34. The van der Waals surface area contributed by atoms with Gasteiger partial charge in [-0.1, -0.05) is 35.9 Å². The Morgan fingerprint density at radius 1 is 1.06 bits per heavy atom. The molecule has 0 radical (unpaired) electrons. The molecule has 34 heavy (non-hydrogen) atoms. The van der Waals surface area contributed by atoms with Crippen LogP contribution in [0, 0.1) is 33.8 Å². The number of fused-ring (bicyclic) bond motifs is 5. The summed E-state index contributed by atoms with van der Waals surface area (Å²) in [5, 5.41) is 10.9. The fourth-order valence-electron chi connectivity index (χ4n) is 5.10. The monoisotopic (exact) mass is 480 g/mol. The number of amides is 2. The average molecular weight is 481 g/mol. The minimum Gasteiger partial charge on any atom is -0.454 e. The molecule has 2 aromatic rings. The van der Waals surface area contributed by atoms with E-state index in [1.807, 2.05) is 12.2 Å². The number of anilines is 1. The number of allylic oxidation sites excluding steroid dienone is 2. The van der Waals surface area contributed by atoms with Gasteiger partial charge in [0.05, 0.1) is 28.0 Å². The molecule has 2 aliphatic carbocycles. The number of nitro groups is 1. The maximum atomic E-state index is 13.1. The van der Waals surface area contributed by atoms with Gasteiger partial charge in [-0.15, -0.1) is 0 Å². The summed E-state index contributed by atoms with van der Waals surface area (Å²) in [4.78, 5) is 62.9. The zero-order valence-corrected chi connectivity index (χ0v) is 18.3. The van der Waals surface area contributed by atoms with Crippen LogP contribution in [0.25, 0.3) is 0 Å². The van der Waals surface area contributed by atoms with E-state index in [4.69, 9.17) is 16.3 Å². The van der Waals surface area contributed by atoms with Gasteiger partial charge in [0, 0.05) is 11.6 Å². The van der Waals surface area contributed by atoms with Crippen molar-refractivity contribution in [3.63, 3.8) is 0 Å². The number of Topliss-reactive ketones (excluding diaryl/α,β-unsaturated/α-hetero) is 1. The van der Waals surface area contributed by atoms with Crippen LogP contribution in [-0.4, -0.2) is 35.1 Å². The summed E-state index contributed by atoms with van der Waals surface area (Å²) in [5.74, 6) is -3.04. The van der Waals surface area contributed by atoms with Crippen molar-refractivity contribution in [2.75, 3.05) is 11.5 Å². The SMILES string of the molecule is O=C(COC(=O)c1ccccc1N1C(=O)C2C3C=CC(C3)C2C1=O)c1ccc(Cl)c([N+](=O)[O-])c1. The number of esters is 1. The molecular formula is C24H17ClN2O7. The molecule has 0 aromatic heterocycles. The number of nitro benzene ring substituents is 1. The first-order chi connectivity index (χ1) is 16.3. The first-order valence-electron chi connectivity index (χ1n) is 10.6. The number of hydrogen-bond acceptors (Lipinski definition) is 7. The summed E-state index contributed by atoms with van der Waals surface area (Å²) >= 11 is 5.76. The van der Waals surface area contributed by atoms with Crippen molar-refractivity contribution in [3.05, 3.63) is 80.9 Å². The van der Waals surface area contributed by atoms with Gasteiger partial charge in [-0.25, -0.2) is 9.69 Å². The van der Waals surface area contributed by atoms with Gasteiger partial charge in [-0.2, -0.15) is 0 Å². The number of ketones is 1. The lowest BCUT2D eigenvalue weighted by Gasteiger charge is -2.19. The maximum absolute atomic E-state index is 13.1. The highest BCUT2D eigenvalue weighted by atomic mass is 35.5. The predicted molar refractivity (Wildman–Crippen MR) is 119 cm³/mol. The summed E-state index contributed by atoms with van der Waals surface area (Å²) in [5.41, 5.74) is -0.396. The molecule has 2 aromatic carbocycles. The molecule has 10 heteroatoms. The molecule has 2 amide bonds. The predicted octanol–water partition coefficient (Wildman–Crippen LogP) is 3.60. The number of rotatable bonds is 6. The Morgan fingerprint density at radius 3 is 2.35 bits per heavy atom. The minimum absolute atomic E-state index is 0.0246. The molecule has 4 atom stereocenters. The molecule has 1 aliphatic heterocycles. The van der Waals surface area contributed by atoms with Gasteiger partial charge in [0.25, 0.3) is 5.69 Å². The Hall–Kier alpha value is -3.85. The third-order valence-corrected chi connectivity index (χ3v) is 6.95. The highest BCUT2D eigenvalue weighted by molar-refractivity contribution is 6.32. The number of imide groups is 1. The molecule has 0 N–H and O–H groups in total. The number of carbonyl (C=O) groups is 4. The van der Waals surface area contributed by atoms with Crippen molar-refractivity contribution in [2.45, 2.75) is 6.42 Å². The quantitative estimate of drug-likeness (QED) is 0.154. The lowest BCUT2D eigenvalue weighted by molar-refractivity contribution is -0.384. The average Bonchev–Trinajstić information content (AvgIpc) is 3.51. The zero-order chi connectivity index (χ0) is 24.1. The van der Waals surface area contributed by atoms with Crippen LogP contribution in [-0.2, 0) is 14.3 Å². The van der Waals surface area contributed by atoms with E-state index in [0.29, 0.717) is 0 Å². The molecule has 2 bridgehead atoms. The van der Waals surface area contributed by atoms with Crippen molar-refractivity contribution < 1.29 is 28.8 Å². The summed E-state index contributed by atoms with van der Waals surface area (Å²) in [6.45, 7) is -0.687. The summed E-state index contributed by atoms with van der Waals surface area (Å²) in [6.07, 6.45) is 4.75. The van der Waals surface area contributed by atoms with Gasteiger partial charge in [-0.3, -0.25) is 24.5 Å². The molecule has 3 aliphatic rings. The number of carbonyl (C=O) groups excluding carboxylic acids is 4. The summed E-state index contributed by atoms with van der Waals surface area (Å²) < 4.78 is 5.14. The van der Waals surface area contributed by atoms with Crippen LogP contribution >= 0.6 is 11.6 Å². The number of benzene rings is 2. The number of hydrogen-bond donors (Lipinski definition) is 0. The van der Waals surface area contributed by atoms with Gasteiger partial charge in [0.1, 0.15) is 5.02 Å². The third-order valence-electron chi connectivity index (χ3n) is 6.63. The molecule has 1 saturated carbocycles. The molecule has 1 saturated heterocycles. The largest absolute Gasteiger partial charge is 0.454 e. The van der Waals surface area contributed by atoms with Crippen LogP contribution in [0.2, 0.25) is 5.02 Å². The van der Waals surface area contributed by atoms with E-state index in [1.165, 1.54) is 24.3 Å². The van der Waals surface area contributed by atoms with Crippen LogP contribution < -0.4 is 4.90 Å². The molecular weight excluding hydrogens is 464 g/mol. The van der Waals surface area contributed by atoms with Crippen LogP contribution in [0.5, 0.6) is 0 Å². The van der Waals surface area contributed by atoms with Crippen LogP contribution in [0.1, 0.15) is 27.1 Å². The molecule has 0 spiro atoms. The van der Waals surface area contributed by atoms with Gasteiger partial charge in [0.15, 0.2) is 6.61 Å². The normalized spacial score (nSPS) is 24.4. The topological polar surface area (TPSA) is 124 Å². The summed E-state index contributed by atoms with van der Waals surface area (Å²) in [7, 11) is 0. The number of halogens is 1. The highest BCUT2D eigenvalue weighted by Gasteiger charge is 2.59.